The van der Waals surface area contributed by atoms with Gasteiger partial charge in [0, 0.05) is 47.4 Å². The molecule has 0 radical (unpaired) electrons. The molecule has 32 heavy (non-hydrogen) atoms. The molecule has 1 N–H and O–H groups in total. The van der Waals surface area contributed by atoms with Gasteiger partial charge in [-0.25, -0.2) is 0 Å². The summed E-state index contributed by atoms with van der Waals surface area (Å²) in [5.41, 5.74) is 5.90. The van der Waals surface area contributed by atoms with E-state index in [0.717, 1.165) is 22.0 Å². The molecule has 0 unspecified atom stereocenters. The quantitative estimate of drug-likeness (QED) is 0.352. The van der Waals surface area contributed by atoms with Crippen molar-refractivity contribution in [1.82, 2.24) is 4.57 Å². The molecule has 5 rings (SSSR count). The summed E-state index contributed by atoms with van der Waals surface area (Å²) in [4.78, 5) is 10.9. The van der Waals surface area contributed by atoms with Crippen molar-refractivity contribution in [1.29, 1.82) is 0 Å². The fraction of sp³-hybridized carbons (Fsp3) is 0.143. The molecule has 5 aromatic rings. The van der Waals surface area contributed by atoms with Crippen LogP contribution in [-0.4, -0.2) is 15.6 Å². The van der Waals surface area contributed by atoms with Crippen molar-refractivity contribution in [2.45, 2.75) is 19.4 Å². The second-order valence-electron chi connectivity index (χ2n) is 8.17. The molecule has 4 nitrogen and oxygen atoms in total. The minimum Gasteiger partial charge on any atom is -0.481 e. The van der Waals surface area contributed by atoms with Gasteiger partial charge in [0.1, 0.15) is 6.54 Å². The van der Waals surface area contributed by atoms with Crippen molar-refractivity contribution in [2.75, 3.05) is 0 Å². The van der Waals surface area contributed by atoms with Crippen molar-refractivity contribution in [3.05, 3.63) is 90.1 Å². The van der Waals surface area contributed by atoms with Gasteiger partial charge in [-0.2, -0.15) is 4.57 Å². The molecule has 2 aromatic heterocycles. The molecule has 0 atom stereocenters. The molecule has 0 bridgehead atoms. The number of pyridine rings is 1. The van der Waals surface area contributed by atoms with Crippen LogP contribution in [0.1, 0.15) is 24.0 Å². The minimum atomic E-state index is -0.752. The van der Waals surface area contributed by atoms with Crippen LogP contribution in [0, 0.1) is 0 Å². The molecule has 0 aliphatic rings. The molecule has 0 aliphatic heterocycles. The van der Waals surface area contributed by atoms with Gasteiger partial charge < -0.3 is 9.67 Å². The van der Waals surface area contributed by atoms with Gasteiger partial charge in [-0.3, -0.25) is 4.79 Å². The number of rotatable bonds is 6. The van der Waals surface area contributed by atoms with E-state index in [2.05, 4.69) is 95.2 Å². The van der Waals surface area contributed by atoms with Gasteiger partial charge in [-0.05, 0) is 35.4 Å². The van der Waals surface area contributed by atoms with E-state index in [9.17, 15) is 4.79 Å². The van der Waals surface area contributed by atoms with Crippen LogP contribution in [0.2, 0.25) is 0 Å². The van der Waals surface area contributed by atoms with E-state index in [1.165, 1.54) is 21.8 Å². The lowest BCUT2D eigenvalue weighted by atomic mass is 10.1. The lowest BCUT2D eigenvalue weighted by molar-refractivity contribution is -0.671. The summed E-state index contributed by atoms with van der Waals surface area (Å²) in [5, 5.41) is 12.6. The molecule has 158 valence electrons. The molecule has 4 heteroatoms. The van der Waals surface area contributed by atoms with E-state index in [4.69, 9.17) is 5.11 Å². The zero-order valence-electron chi connectivity index (χ0n) is 18.0. The smallest absolute Gasteiger partial charge is 0.303 e. The van der Waals surface area contributed by atoms with E-state index in [1.54, 1.807) is 0 Å². The number of aliphatic carboxylic acids is 1. The van der Waals surface area contributed by atoms with Crippen LogP contribution in [0.15, 0.2) is 79.0 Å². The fourth-order valence-electron chi connectivity index (χ4n) is 4.52. The first-order valence-corrected chi connectivity index (χ1v) is 10.9. The van der Waals surface area contributed by atoms with Crippen molar-refractivity contribution in [2.24, 2.45) is 7.05 Å². The highest BCUT2D eigenvalue weighted by Gasteiger charge is 2.12. The van der Waals surface area contributed by atoms with Crippen LogP contribution < -0.4 is 4.57 Å². The Bertz CT molecular complexity index is 1490. The molecule has 3 aromatic carbocycles. The zero-order valence-corrected chi connectivity index (χ0v) is 18.0. The second kappa shape index (κ2) is 8.31. The number of aryl methyl sites for hydroxylation is 2. The molecule has 0 amide bonds. The minimum absolute atomic E-state index is 0.180. The third kappa shape index (κ3) is 3.65. The number of carboxylic acids is 1. The van der Waals surface area contributed by atoms with Crippen molar-refractivity contribution >= 4 is 50.8 Å². The maximum absolute atomic E-state index is 10.9. The average Bonchev–Trinajstić information content (AvgIpc) is 3.10. The predicted molar refractivity (Wildman–Crippen MR) is 130 cm³/mol. The maximum atomic E-state index is 10.9. The first-order valence-electron chi connectivity index (χ1n) is 10.9. The second-order valence-corrected chi connectivity index (χ2v) is 8.17. The first-order chi connectivity index (χ1) is 15.6. The number of fused-ring (bicyclic) bond motifs is 4. The SMILES string of the molecule is Cn1c2ccccc2c2cc(/C=C/c3cc[n+](CCCC(=O)O)c4ccccc34)ccc21. The van der Waals surface area contributed by atoms with E-state index >= 15 is 0 Å². The number of carbonyl (C=O) groups is 1. The number of para-hydroxylation sites is 2. The molecule has 0 saturated heterocycles. The van der Waals surface area contributed by atoms with Crippen molar-refractivity contribution in [3.8, 4) is 0 Å². The highest BCUT2D eigenvalue weighted by atomic mass is 16.4. The first kappa shape index (κ1) is 20.0. The Morgan fingerprint density at radius 2 is 1.66 bits per heavy atom. The van der Waals surface area contributed by atoms with E-state index < -0.39 is 5.97 Å². The Hall–Kier alpha value is -3.92. The van der Waals surface area contributed by atoms with Crippen molar-refractivity contribution < 1.29 is 14.5 Å². The summed E-state index contributed by atoms with van der Waals surface area (Å²) in [5.74, 6) is -0.752. The number of nitrogens with zero attached hydrogens (tertiary/aromatic N) is 2. The van der Waals surface area contributed by atoms with E-state index in [-0.39, 0.29) is 6.42 Å². The molecule has 0 spiro atoms. The van der Waals surface area contributed by atoms with E-state index in [0.29, 0.717) is 13.0 Å². The number of hydrogen-bond donors (Lipinski definition) is 1. The fourth-order valence-corrected chi connectivity index (χ4v) is 4.52. The topological polar surface area (TPSA) is 46.1 Å². The highest BCUT2D eigenvalue weighted by molar-refractivity contribution is 6.08. The van der Waals surface area contributed by atoms with Crippen LogP contribution in [0.4, 0.5) is 0 Å². The van der Waals surface area contributed by atoms with Crippen LogP contribution >= 0.6 is 0 Å². The van der Waals surface area contributed by atoms with Gasteiger partial charge in [0.05, 0.1) is 11.8 Å². The Labute approximate surface area is 186 Å². The van der Waals surface area contributed by atoms with Crippen LogP contribution in [0.3, 0.4) is 0 Å². The summed E-state index contributed by atoms with van der Waals surface area (Å²) in [7, 11) is 2.11. The third-order valence-corrected chi connectivity index (χ3v) is 6.14. The lowest BCUT2D eigenvalue weighted by Gasteiger charge is -2.04. The summed E-state index contributed by atoms with van der Waals surface area (Å²) in [6.45, 7) is 0.689. The summed E-state index contributed by atoms with van der Waals surface area (Å²) in [6.07, 6.45) is 7.18. The summed E-state index contributed by atoms with van der Waals surface area (Å²) < 4.78 is 4.38. The Balaban J connectivity index is 1.50. The normalized spacial score (nSPS) is 11.8. The molecular weight excluding hydrogens is 396 g/mol. The largest absolute Gasteiger partial charge is 0.481 e. The van der Waals surface area contributed by atoms with Crippen LogP contribution in [0.25, 0.3) is 44.9 Å². The molecule has 0 aliphatic carbocycles. The standard InChI is InChI=1S/C28H24N2O2/c1-29-25-9-4-3-8-23(25)24-19-20(13-15-26(24)29)12-14-21-16-18-30(17-6-11-28(31)32)27-10-5-2-7-22(21)27/h2-5,7-10,12-16,18-19H,6,11,17H2,1H3/p+1. The lowest BCUT2D eigenvalue weighted by Crippen LogP contribution is -2.34. The Morgan fingerprint density at radius 1 is 0.906 bits per heavy atom. The Kier molecular flexibility index (Phi) is 5.20. The molecule has 2 heterocycles. The van der Waals surface area contributed by atoms with E-state index in [1.807, 2.05) is 12.1 Å². The summed E-state index contributed by atoms with van der Waals surface area (Å²) in [6, 6.07) is 25.5. The molecule has 0 fully saturated rings. The molecule has 0 saturated carbocycles. The van der Waals surface area contributed by atoms with Gasteiger partial charge in [-0.1, -0.05) is 48.6 Å². The molecular formula is C28H25N2O2+. The Morgan fingerprint density at radius 3 is 2.50 bits per heavy atom. The predicted octanol–water partition coefficient (Wildman–Crippen LogP) is 5.81. The zero-order chi connectivity index (χ0) is 22.1. The number of aromatic nitrogens is 2. The van der Waals surface area contributed by atoms with Crippen LogP contribution in [-0.2, 0) is 18.4 Å². The number of carboxylic acid groups (broad SMARTS) is 1. The van der Waals surface area contributed by atoms with Gasteiger partial charge in [0.2, 0.25) is 5.52 Å². The maximum Gasteiger partial charge on any atom is 0.303 e. The van der Waals surface area contributed by atoms with Crippen LogP contribution in [0.5, 0.6) is 0 Å². The third-order valence-electron chi connectivity index (χ3n) is 6.14. The van der Waals surface area contributed by atoms with Crippen molar-refractivity contribution in [3.63, 3.8) is 0 Å². The number of hydrogen-bond acceptors (Lipinski definition) is 1. The monoisotopic (exact) mass is 421 g/mol. The van der Waals surface area contributed by atoms with Gasteiger partial charge >= 0.3 is 5.97 Å². The van der Waals surface area contributed by atoms with Gasteiger partial charge in [-0.15, -0.1) is 0 Å². The number of benzene rings is 3. The summed E-state index contributed by atoms with van der Waals surface area (Å²) >= 11 is 0. The highest BCUT2D eigenvalue weighted by Crippen LogP contribution is 2.29. The average molecular weight is 422 g/mol. The van der Waals surface area contributed by atoms with Gasteiger partial charge in [0.25, 0.3) is 0 Å². The van der Waals surface area contributed by atoms with Gasteiger partial charge in [0.15, 0.2) is 6.20 Å².